The Labute approximate surface area is 173 Å². The van der Waals surface area contributed by atoms with Gasteiger partial charge in [0.05, 0.1) is 6.61 Å². The van der Waals surface area contributed by atoms with E-state index in [1.54, 1.807) is 20.8 Å². The third-order valence-corrected chi connectivity index (χ3v) is 4.76. The predicted molar refractivity (Wildman–Crippen MR) is 110 cm³/mol. The molecular formula is C22H34N2O5. The summed E-state index contributed by atoms with van der Waals surface area (Å²) in [5, 5.41) is 11.7. The molecule has 1 atom stereocenters. The number of nitrogens with one attached hydrogen (secondary N) is 1. The molecule has 2 N–H and O–H groups in total. The van der Waals surface area contributed by atoms with Gasteiger partial charge in [-0.15, -0.1) is 0 Å². The molecular weight excluding hydrogens is 372 g/mol. The number of unbranched alkanes of at least 4 members (excludes halogenated alkanes) is 1. The van der Waals surface area contributed by atoms with Crippen LogP contribution in [0.2, 0.25) is 0 Å². The predicted octanol–water partition coefficient (Wildman–Crippen LogP) is 3.67. The quantitative estimate of drug-likeness (QED) is 0.576. The van der Waals surface area contributed by atoms with Crippen molar-refractivity contribution in [3.8, 4) is 0 Å². The number of carbonyl (C=O) groups is 2. The van der Waals surface area contributed by atoms with Crippen molar-refractivity contribution in [2.45, 2.75) is 83.8 Å². The zero-order valence-corrected chi connectivity index (χ0v) is 17.8. The Morgan fingerprint density at radius 2 is 1.93 bits per heavy atom. The molecule has 0 saturated heterocycles. The molecule has 0 radical (unpaired) electrons. The lowest BCUT2D eigenvalue weighted by Gasteiger charge is -2.22. The molecule has 0 fully saturated rings. The van der Waals surface area contributed by atoms with E-state index in [0.717, 1.165) is 31.4 Å². The van der Waals surface area contributed by atoms with Gasteiger partial charge in [-0.25, -0.2) is 9.59 Å². The fourth-order valence-corrected chi connectivity index (χ4v) is 3.31. The molecule has 7 nitrogen and oxygen atoms in total. The van der Waals surface area contributed by atoms with Crippen LogP contribution in [0, 0.1) is 0 Å². The van der Waals surface area contributed by atoms with Crippen LogP contribution >= 0.6 is 0 Å². The van der Waals surface area contributed by atoms with Gasteiger partial charge >= 0.3 is 12.1 Å². The van der Waals surface area contributed by atoms with Crippen molar-refractivity contribution < 1.29 is 24.2 Å². The maximum atomic E-state index is 11.7. The number of aliphatic carboxylic acids is 1. The first-order valence-electron chi connectivity index (χ1n) is 10.5. The van der Waals surface area contributed by atoms with Gasteiger partial charge in [-0.2, -0.15) is 0 Å². The van der Waals surface area contributed by atoms with E-state index < -0.39 is 23.7 Å². The minimum atomic E-state index is -1.06. The first-order chi connectivity index (χ1) is 13.7. The fourth-order valence-electron chi connectivity index (χ4n) is 3.31. The number of aromatic nitrogens is 1. The number of nitrogens with zero attached hydrogens (tertiary/aromatic N) is 1. The molecule has 1 amide bonds. The highest BCUT2D eigenvalue weighted by Gasteiger charge is 2.23. The number of aryl methyl sites for hydroxylation is 2. The fraction of sp³-hybridized carbons (Fsp3) is 0.682. The third-order valence-electron chi connectivity index (χ3n) is 4.76. The van der Waals surface area contributed by atoms with E-state index >= 15 is 0 Å². The molecule has 162 valence electrons. The number of pyridine rings is 1. The lowest BCUT2D eigenvalue weighted by Crippen LogP contribution is -2.43. The zero-order chi connectivity index (χ0) is 21.3. The molecule has 0 aromatic carbocycles. The highest BCUT2D eigenvalue weighted by Crippen LogP contribution is 2.19. The first-order valence-corrected chi connectivity index (χ1v) is 10.5. The molecule has 1 aromatic rings. The van der Waals surface area contributed by atoms with Crippen molar-refractivity contribution in [1.29, 1.82) is 0 Å². The lowest BCUT2D eigenvalue weighted by molar-refractivity contribution is -0.139. The minimum Gasteiger partial charge on any atom is -0.480 e. The van der Waals surface area contributed by atoms with E-state index in [1.807, 2.05) is 0 Å². The highest BCUT2D eigenvalue weighted by molar-refractivity contribution is 5.79. The third kappa shape index (κ3) is 8.81. The highest BCUT2D eigenvalue weighted by atomic mass is 16.6. The number of carboxylic acids is 1. The normalized spacial score (nSPS) is 14.7. The summed E-state index contributed by atoms with van der Waals surface area (Å²) >= 11 is 0. The molecule has 1 aromatic heterocycles. The lowest BCUT2D eigenvalue weighted by atomic mass is 9.96. The van der Waals surface area contributed by atoms with Gasteiger partial charge in [-0.05, 0) is 77.3 Å². The van der Waals surface area contributed by atoms with Crippen LogP contribution in [0.5, 0.6) is 0 Å². The van der Waals surface area contributed by atoms with E-state index in [4.69, 9.17) is 14.5 Å². The zero-order valence-electron chi connectivity index (χ0n) is 17.8. The van der Waals surface area contributed by atoms with Gasteiger partial charge in [0.15, 0.2) is 0 Å². The van der Waals surface area contributed by atoms with Gasteiger partial charge in [0, 0.05) is 24.4 Å². The number of carbonyl (C=O) groups excluding carboxylic acids is 1. The Bertz CT molecular complexity index is 684. The summed E-state index contributed by atoms with van der Waals surface area (Å²) < 4.78 is 10.8. The number of amides is 1. The largest absolute Gasteiger partial charge is 0.480 e. The van der Waals surface area contributed by atoms with Crippen LogP contribution in [0.25, 0.3) is 0 Å². The number of carboxylic acid groups (broad SMARTS) is 1. The summed E-state index contributed by atoms with van der Waals surface area (Å²) in [5.41, 5.74) is 3.03. The van der Waals surface area contributed by atoms with Gasteiger partial charge in [0.25, 0.3) is 0 Å². The second kappa shape index (κ2) is 11.1. The van der Waals surface area contributed by atoms with Crippen molar-refractivity contribution in [3.05, 3.63) is 29.1 Å². The molecule has 0 aliphatic heterocycles. The number of fused-ring (bicyclic) bond motifs is 1. The Hall–Kier alpha value is -2.15. The summed E-state index contributed by atoms with van der Waals surface area (Å²) in [6.45, 7) is 6.37. The van der Waals surface area contributed by atoms with Crippen LogP contribution in [-0.2, 0) is 33.5 Å². The topological polar surface area (TPSA) is 97.8 Å². The molecule has 2 rings (SSSR count). The van der Waals surface area contributed by atoms with Crippen LogP contribution in [0.1, 0.15) is 69.8 Å². The van der Waals surface area contributed by atoms with Crippen molar-refractivity contribution in [2.24, 2.45) is 0 Å². The molecule has 0 bridgehead atoms. The first kappa shape index (κ1) is 23.1. The van der Waals surface area contributed by atoms with E-state index in [-0.39, 0.29) is 0 Å². The SMILES string of the molecule is CC(C)(C)OC(=O)N[C@@H](CCCCOCCc1ccc2c(n1)CCCC2)C(=O)O. The van der Waals surface area contributed by atoms with Crippen molar-refractivity contribution in [1.82, 2.24) is 10.3 Å². The van der Waals surface area contributed by atoms with Gasteiger partial charge in [0.1, 0.15) is 11.6 Å². The minimum absolute atomic E-state index is 0.338. The van der Waals surface area contributed by atoms with E-state index in [2.05, 4.69) is 17.4 Å². The summed E-state index contributed by atoms with van der Waals surface area (Å²) in [7, 11) is 0. The van der Waals surface area contributed by atoms with E-state index in [1.165, 1.54) is 24.1 Å². The van der Waals surface area contributed by atoms with Gasteiger partial charge in [-0.1, -0.05) is 6.07 Å². The molecule has 1 aliphatic rings. The number of alkyl carbamates (subject to hydrolysis) is 1. The summed E-state index contributed by atoms with van der Waals surface area (Å²) in [6, 6.07) is 3.33. The Kier molecular flexibility index (Phi) is 8.89. The maximum Gasteiger partial charge on any atom is 0.408 e. The summed E-state index contributed by atoms with van der Waals surface area (Å²) in [5.74, 6) is -1.06. The molecule has 0 spiro atoms. The number of rotatable bonds is 10. The van der Waals surface area contributed by atoms with Crippen LogP contribution < -0.4 is 5.32 Å². The molecule has 0 unspecified atom stereocenters. The van der Waals surface area contributed by atoms with Crippen LogP contribution in [0.4, 0.5) is 4.79 Å². The van der Waals surface area contributed by atoms with Gasteiger partial charge < -0.3 is 19.9 Å². The monoisotopic (exact) mass is 406 g/mol. The average molecular weight is 407 g/mol. The van der Waals surface area contributed by atoms with Crippen molar-refractivity contribution >= 4 is 12.1 Å². The molecule has 29 heavy (non-hydrogen) atoms. The van der Waals surface area contributed by atoms with Crippen LogP contribution in [-0.4, -0.2) is 47.0 Å². The Morgan fingerprint density at radius 1 is 1.17 bits per heavy atom. The molecule has 1 aliphatic carbocycles. The van der Waals surface area contributed by atoms with Crippen molar-refractivity contribution in [3.63, 3.8) is 0 Å². The average Bonchev–Trinajstić information content (AvgIpc) is 2.64. The standard InChI is InChI=1S/C22H34N2O5/c1-22(2,3)29-21(27)24-19(20(25)26)10-6-7-14-28-15-13-17-12-11-16-8-4-5-9-18(16)23-17/h11-12,19H,4-10,13-15H2,1-3H3,(H,24,27)(H,25,26)/t19-/m0/s1. The summed E-state index contributed by atoms with van der Waals surface area (Å²) in [6.07, 6.45) is 6.48. The number of hydrogen-bond acceptors (Lipinski definition) is 5. The molecule has 0 saturated carbocycles. The second-order valence-corrected chi connectivity index (χ2v) is 8.51. The van der Waals surface area contributed by atoms with Gasteiger partial charge in [-0.3, -0.25) is 4.98 Å². The van der Waals surface area contributed by atoms with Crippen molar-refractivity contribution in [2.75, 3.05) is 13.2 Å². The van der Waals surface area contributed by atoms with E-state index in [9.17, 15) is 14.7 Å². The second-order valence-electron chi connectivity index (χ2n) is 8.51. The molecule has 7 heteroatoms. The Morgan fingerprint density at radius 3 is 2.66 bits per heavy atom. The van der Waals surface area contributed by atoms with Gasteiger partial charge in [0.2, 0.25) is 0 Å². The Balaban J connectivity index is 1.60. The smallest absolute Gasteiger partial charge is 0.408 e. The number of ether oxygens (including phenoxy) is 2. The summed E-state index contributed by atoms with van der Waals surface area (Å²) in [4.78, 5) is 27.8. The molecule has 1 heterocycles. The van der Waals surface area contributed by atoms with Crippen LogP contribution in [0.3, 0.4) is 0 Å². The van der Waals surface area contributed by atoms with E-state index in [0.29, 0.717) is 26.1 Å². The maximum absolute atomic E-state index is 11.7. The number of hydrogen-bond donors (Lipinski definition) is 2. The van der Waals surface area contributed by atoms with Crippen LogP contribution in [0.15, 0.2) is 12.1 Å².